The van der Waals surface area contributed by atoms with Crippen molar-refractivity contribution >= 4 is 11.8 Å². The van der Waals surface area contributed by atoms with E-state index in [1.165, 1.54) is 0 Å². The summed E-state index contributed by atoms with van der Waals surface area (Å²) in [5, 5.41) is 5.89. The number of carbonyl (C=O) groups is 2. The van der Waals surface area contributed by atoms with E-state index in [1.807, 2.05) is 6.92 Å². The van der Waals surface area contributed by atoms with Gasteiger partial charge in [0, 0.05) is 19.0 Å². The van der Waals surface area contributed by atoms with Crippen LogP contribution >= 0.6 is 0 Å². The van der Waals surface area contributed by atoms with E-state index >= 15 is 0 Å². The van der Waals surface area contributed by atoms with Crippen LogP contribution in [-0.2, 0) is 9.59 Å². The Morgan fingerprint density at radius 3 is 2.24 bits per heavy atom. The van der Waals surface area contributed by atoms with E-state index in [0.29, 0.717) is 12.5 Å². The molecule has 0 bridgehead atoms. The van der Waals surface area contributed by atoms with Gasteiger partial charge < -0.3 is 16.4 Å². The molecule has 2 atom stereocenters. The van der Waals surface area contributed by atoms with Gasteiger partial charge in [-0.25, -0.2) is 0 Å². The second-order valence-electron chi connectivity index (χ2n) is 4.93. The van der Waals surface area contributed by atoms with E-state index in [-0.39, 0.29) is 30.3 Å². The summed E-state index contributed by atoms with van der Waals surface area (Å²) in [6.07, 6.45) is 1.21. The van der Waals surface area contributed by atoms with Gasteiger partial charge in [-0.15, -0.1) is 0 Å². The van der Waals surface area contributed by atoms with Crippen molar-refractivity contribution in [2.75, 3.05) is 6.54 Å². The molecule has 0 radical (unpaired) electrons. The smallest absolute Gasteiger partial charge is 0.236 e. The minimum absolute atomic E-state index is 0.0398. The molecule has 0 aromatic rings. The minimum Gasteiger partial charge on any atom is -0.370 e. The van der Waals surface area contributed by atoms with Gasteiger partial charge in [-0.05, 0) is 26.2 Å². The predicted octanol–water partition coefficient (Wildman–Crippen LogP) is 0.391. The van der Waals surface area contributed by atoms with Crippen LogP contribution in [0.4, 0.5) is 0 Å². The summed E-state index contributed by atoms with van der Waals surface area (Å²) in [7, 11) is 0. The van der Waals surface area contributed by atoms with Crippen molar-refractivity contribution in [1.82, 2.24) is 10.6 Å². The van der Waals surface area contributed by atoms with Crippen molar-refractivity contribution in [2.45, 2.75) is 52.6 Å². The standard InChI is InChI=1S/C12H25N3O2/c1-8(2)5-6-14-12(17)10(4)15-9(3)7-11(13)16/h8-10,15H,5-7H2,1-4H3,(H2,13,16)(H,14,17). The van der Waals surface area contributed by atoms with Gasteiger partial charge in [0.15, 0.2) is 0 Å². The molecule has 4 N–H and O–H groups in total. The maximum atomic E-state index is 11.7. The third-order valence-corrected chi connectivity index (χ3v) is 2.46. The van der Waals surface area contributed by atoms with Crippen molar-refractivity contribution in [2.24, 2.45) is 11.7 Å². The highest BCUT2D eigenvalue weighted by Crippen LogP contribution is 1.97. The number of primary amides is 1. The first-order chi connectivity index (χ1) is 7.82. The maximum absolute atomic E-state index is 11.7. The van der Waals surface area contributed by atoms with Crippen LogP contribution in [0.15, 0.2) is 0 Å². The van der Waals surface area contributed by atoms with E-state index in [9.17, 15) is 9.59 Å². The Morgan fingerprint density at radius 1 is 1.18 bits per heavy atom. The normalized spacial score (nSPS) is 14.4. The van der Waals surface area contributed by atoms with E-state index in [4.69, 9.17) is 5.73 Å². The zero-order chi connectivity index (χ0) is 13.4. The first kappa shape index (κ1) is 15.9. The molecule has 0 heterocycles. The Kier molecular flexibility index (Phi) is 7.54. The lowest BCUT2D eigenvalue weighted by Crippen LogP contribution is -2.46. The molecule has 0 saturated carbocycles. The molecule has 0 aliphatic rings. The number of rotatable bonds is 8. The van der Waals surface area contributed by atoms with Crippen LogP contribution in [0.2, 0.25) is 0 Å². The van der Waals surface area contributed by atoms with Gasteiger partial charge in [0.05, 0.1) is 6.04 Å². The highest BCUT2D eigenvalue weighted by Gasteiger charge is 2.15. The molecule has 0 spiro atoms. The number of amides is 2. The van der Waals surface area contributed by atoms with Gasteiger partial charge >= 0.3 is 0 Å². The quantitative estimate of drug-likeness (QED) is 0.576. The fourth-order valence-electron chi connectivity index (χ4n) is 1.50. The summed E-state index contributed by atoms with van der Waals surface area (Å²) in [5.74, 6) is 0.173. The van der Waals surface area contributed by atoms with Gasteiger partial charge in [0.25, 0.3) is 0 Å². The van der Waals surface area contributed by atoms with Crippen LogP contribution < -0.4 is 16.4 Å². The molecule has 0 fully saturated rings. The fourth-order valence-corrected chi connectivity index (χ4v) is 1.50. The summed E-state index contributed by atoms with van der Waals surface area (Å²) >= 11 is 0. The Balaban J connectivity index is 3.84. The molecule has 0 aliphatic carbocycles. The topological polar surface area (TPSA) is 84.2 Å². The van der Waals surface area contributed by atoms with Gasteiger partial charge in [0.2, 0.25) is 11.8 Å². The molecule has 0 rings (SSSR count). The van der Waals surface area contributed by atoms with Crippen molar-refractivity contribution < 1.29 is 9.59 Å². The molecule has 17 heavy (non-hydrogen) atoms. The lowest BCUT2D eigenvalue weighted by molar-refractivity contribution is -0.123. The van der Waals surface area contributed by atoms with Crippen LogP contribution in [0, 0.1) is 5.92 Å². The number of hydrogen-bond donors (Lipinski definition) is 3. The monoisotopic (exact) mass is 243 g/mol. The number of nitrogens with one attached hydrogen (secondary N) is 2. The van der Waals surface area contributed by atoms with Crippen LogP contribution in [0.3, 0.4) is 0 Å². The average molecular weight is 243 g/mol. The van der Waals surface area contributed by atoms with Crippen molar-refractivity contribution in [3.63, 3.8) is 0 Å². The molecule has 0 aromatic carbocycles. The zero-order valence-corrected chi connectivity index (χ0v) is 11.2. The lowest BCUT2D eigenvalue weighted by Gasteiger charge is -2.18. The lowest BCUT2D eigenvalue weighted by atomic mass is 10.1. The Morgan fingerprint density at radius 2 is 1.76 bits per heavy atom. The van der Waals surface area contributed by atoms with Gasteiger partial charge in [0.1, 0.15) is 0 Å². The third-order valence-electron chi connectivity index (χ3n) is 2.46. The molecule has 0 aromatic heterocycles. The Hall–Kier alpha value is -1.10. The van der Waals surface area contributed by atoms with Crippen LogP contribution in [0.25, 0.3) is 0 Å². The number of hydrogen-bond acceptors (Lipinski definition) is 3. The fraction of sp³-hybridized carbons (Fsp3) is 0.833. The minimum atomic E-state index is -0.364. The average Bonchev–Trinajstić information content (AvgIpc) is 2.15. The molecule has 0 aliphatic heterocycles. The van der Waals surface area contributed by atoms with E-state index < -0.39 is 0 Å². The molecule has 0 saturated heterocycles. The van der Waals surface area contributed by atoms with Crippen LogP contribution in [0.5, 0.6) is 0 Å². The third kappa shape index (κ3) is 8.68. The summed E-state index contributed by atoms with van der Waals surface area (Å²) in [6, 6.07) is -0.394. The summed E-state index contributed by atoms with van der Waals surface area (Å²) in [6.45, 7) is 8.53. The molecule has 2 amide bonds. The second-order valence-corrected chi connectivity index (χ2v) is 4.93. The number of nitrogens with two attached hydrogens (primary N) is 1. The Bertz CT molecular complexity index is 254. The largest absolute Gasteiger partial charge is 0.370 e. The number of carbonyl (C=O) groups excluding carboxylic acids is 2. The highest BCUT2D eigenvalue weighted by atomic mass is 16.2. The van der Waals surface area contributed by atoms with Crippen LogP contribution in [-0.4, -0.2) is 30.4 Å². The molecule has 5 nitrogen and oxygen atoms in total. The van der Waals surface area contributed by atoms with Gasteiger partial charge in [-0.1, -0.05) is 13.8 Å². The molecule has 5 heteroatoms. The summed E-state index contributed by atoms with van der Waals surface area (Å²) < 4.78 is 0. The van der Waals surface area contributed by atoms with Crippen LogP contribution in [0.1, 0.15) is 40.5 Å². The maximum Gasteiger partial charge on any atom is 0.236 e. The first-order valence-electron chi connectivity index (χ1n) is 6.15. The predicted molar refractivity (Wildman–Crippen MR) is 68.3 cm³/mol. The van der Waals surface area contributed by atoms with E-state index in [2.05, 4.69) is 24.5 Å². The van der Waals surface area contributed by atoms with Crippen molar-refractivity contribution in [3.8, 4) is 0 Å². The van der Waals surface area contributed by atoms with Gasteiger partial charge in [-0.3, -0.25) is 9.59 Å². The summed E-state index contributed by atoms with van der Waals surface area (Å²) in [4.78, 5) is 22.3. The molecule has 100 valence electrons. The molecular weight excluding hydrogens is 218 g/mol. The van der Waals surface area contributed by atoms with E-state index in [1.54, 1.807) is 6.92 Å². The van der Waals surface area contributed by atoms with Gasteiger partial charge in [-0.2, -0.15) is 0 Å². The summed E-state index contributed by atoms with van der Waals surface area (Å²) in [5.41, 5.74) is 5.08. The molecule has 2 unspecified atom stereocenters. The van der Waals surface area contributed by atoms with Crippen molar-refractivity contribution in [1.29, 1.82) is 0 Å². The van der Waals surface area contributed by atoms with Crippen molar-refractivity contribution in [3.05, 3.63) is 0 Å². The molecular formula is C12H25N3O2. The SMILES string of the molecule is CC(C)CCNC(=O)C(C)NC(C)CC(N)=O. The highest BCUT2D eigenvalue weighted by molar-refractivity contribution is 5.81. The van der Waals surface area contributed by atoms with E-state index in [0.717, 1.165) is 6.42 Å². The Labute approximate surface area is 104 Å². The first-order valence-corrected chi connectivity index (χ1v) is 6.15. The second kappa shape index (κ2) is 8.06. The zero-order valence-electron chi connectivity index (χ0n) is 11.2.